The molecule has 0 amide bonds. The summed E-state index contributed by atoms with van der Waals surface area (Å²) in [5.74, 6) is 0. The monoisotopic (exact) mass is 760 g/mol. The molecule has 0 fully saturated rings. The van der Waals surface area contributed by atoms with E-state index >= 15 is 0 Å². The summed E-state index contributed by atoms with van der Waals surface area (Å²) in [6, 6.07) is 39.5. The Labute approximate surface area is 279 Å². The predicted molar refractivity (Wildman–Crippen MR) is 183 cm³/mol. The molecular formula is C42H35IrN2-. The molecule has 0 spiro atoms. The molecule has 9 rings (SSSR count). The molecular weight excluding hydrogens is 725 g/mol. The third-order valence-electron chi connectivity index (χ3n) is 11.0. The average molecular weight is 760 g/mol. The van der Waals surface area contributed by atoms with Gasteiger partial charge in [0.1, 0.15) is 0 Å². The van der Waals surface area contributed by atoms with Crippen molar-refractivity contribution in [2.24, 2.45) is 0 Å². The van der Waals surface area contributed by atoms with Crippen molar-refractivity contribution < 1.29 is 20.1 Å². The van der Waals surface area contributed by atoms with Gasteiger partial charge in [0, 0.05) is 42.5 Å². The van der Waals surface area contributed by atoms with Crippen molar-refractivity contribution in [2.75, 3.05) is 4.90 Å². The molecule has 2 nitrogen and oxygen atoms in total. The van der Waals surface area contributed by atoms with Gasteiger partial charge in [-0.15, -0.1) is 35.4 Å². The van der Waals surface area contributed by atoms with Crippen molar-refractivity contribution in [2.45, 2.75) is 57.8 Å². The van der Waals surface area contributed by atoms with E-state index < -0.39 is 0 Å². The van der Waals surface area contributed by atoms with Gasteiger partial charge in [-0.2, -0.15) is 0 Å². The van der Waals surface area contributed by atoms with E-state index in [0.717, 1.165) is 16.6 Å². The summed E-state index contributed by atoms with van der Waals surface area (Å²) in [4.78, 5) is 7.45. The summed E-state index contributed by atoms with van der Waals surface area (Å²) in [7, 11) is 0. The third kappa shape index (κ3) is 3.57. The second kappa shape index (κ2) is 9.25. The van der Waals surface area contributed by atoms with Crippen LogP contribution in [-0.4, -0.2) is 4.98 Å². The molecule has 3 aliphatic heterocycles. The summed E-state index contributed by atoms with van der Waals surface area (Å²) in [6.45, 7) is 14.5. The van der Waals surface area contributed by atoms with Crippen LogP contribution in [0.15, 0.2) is 103 Å². The average Bonchev–Trinajstić information content (AvgIpc) is 3.03. The molecule has 4 heterocycles. The molecule has 6 aromatic rings. The molecule has 1 aromatic heterocycles. The van der Waals surface area contributed by atoms with Crippen LogP contribution in [0.4, 0.5) is 17.1 Å². The van der Waals surface area contributed by atoms with E-state index in [0.29, 0.717) is 0 Å². The first-order valence-corrected chi connectivity index (χ1v) is 15.7. The second-order valence-corrected chi connectivity index (χ2v) is 14.4. The molecule has 3 aliphatic rings. The Kier molecular flexibility index (Phi) is 5.85. The Morgan fingerprint density at radius 2 is 1.09 bits per heavy atom. The summed E-state index contributed by atoms with van der Waals surface area (Å²) < 4.78 is 0. The Morgan fingerprint density at radius 1 is 0.556 bits per heavy atom. The zero-order chi connectivity index (χ0) is 30.2. The van der Waals surface area contributed by atoms with Crippen molar-refractivity contribution in [1.82, 2.24) is 4.98 Å². The minimum absolute atomic E-state index is 0. The molecule has 0 saturated carbocycles. The van der Waals surface area contributed by atoms with Crippen LogP contribution >= 0.6 is 0 Å². The van der Waals surface area contributed by atoms with Gasteiger partial charge >= 0.3 is 0 Å². The Balaban J connectivity index is 0.00000300. The van der Waals surface area contributed by atoms with Gasteiger partial charge in [0.2, 0.25) is 0 Å². The number of para-hydroxylation sites is 2. The fourth-order valence-electron chi connectivity index (χ4n) is 8.47. The molecule has 45 heavy (non-hydrogen) atoms. The topological polar surface area (TPSA) is 16.1 Å². The van der Waals surface area contributed by atoms with Crippen molar-refractivity contribution in [3.63, 3.8) is 0 Å². The molecule has 223 valence electrons. The first kappa shape index (κ1) is 28.4. The van der Waals surface area contributed by atoms with E-state index in [9.17, 15) is 0 Å². The fraction of sp³-hybridized carbons (Fsp3) is 0.214. The minimum atomic E-state index is -0.168. The molecule has 3 heteroatoms. The fourth-order valence-corrected chi connectivity index (χ4v) is 8.47. The van der Waals surface area contributed by atoms with Gasteiger partial charge in [-0.25, -0.2) is 0 Å². The van der Waals surface area contributed by atoms with Gasteiger partial charge in [0.25, 0.3) is 0 Å². The summed E-state index contributed by atoms with van der Waals surface area (Å²) >= 11 is 0. The maximum absolute atomic E-state index is 4.82. The van der Waals surface area contributed by atoms with Crippen LogP contribution in [0.3, 0.4) is 0 Å². The van der Waals surface area contributed by atoms with E-state index in [1.54, 1.807) is 0 Å². The molecule has 0 N–H and O–H groups in total. The molecule has 0 unspecified atom stereocenters. The number of fused-ring (bicyclic) bond motifs is 1. The van der Waals surface area contributed by atoms with E-state index in [4.69, 9.17) is 4.98 Å². The number of hydrogen-bond donors (Lipinski definition) is 0. The number of pyridine rings is 1. The first-order valence-electron chi connectivity index (χ1n) is 15.7. The maximum atomic E-state index is 4.82. The van der Waals surface area contributed by atoms with Crippen LogP contribution in [-0.2, 0) is 36.4 Å². The van der Waals surface area contributed by atoms with Gasteiger partial charge in [-0.1, -0.05) is 102 Å². The second-order valence-electron chi connectivity index (χ2n) is 14.4. The van der Waals surface area contributed by atoms with Gasteiger partial charge in [0.15, 0.2) is 0 Å². The van der Waals surface area contributed by atoms with E-state index in [-0.39, 0.29) is 36.4 Å². The van der Waals surface area contributed by atoms with Crippen molar-refractivity contribution in [3.05, 3.63) is 143 Å². The normalized spacial score (nSPS) is 17.0. The molecule has 0 bridgehead atoms. The number of hydrogen-bond acceptors (Lipinski definition) is 2. The Bertz CT molecular complexity index is 2130. The zero-order valence-electron chi connectivity index (χ0n) is 26.5. The summed E-state index contributed by atoms with van der Waals surface area (Å²) in [5, 5.41) is 2.35. The number of nitrogens with zero attached hydrogens (tertiary/aromatic N) is 2. The first-order chi connectivity index (χ1) is 21.1. The van der Waals surface area contributed by atoms with Gasteiger partial charge < -0.3 is 9.88 Å². The van der Waals surface area contributed by atoms with Crippen LogP contribution in [0.1, 0.15) is 74.9 Å². The number of rotatable bonds is 2. The molecule has 0 aliphatic carbocycles. The van der Waals surface area contributed by atoms with Gasteiger partial charge in [-0.3, -0.25) is 0 Å². The largest absolute Gasteiger partial charge is 0.309 e. The van der Waals surface area contributed by atoms with Crippen LogP contribution in [0.25, 0.3) is 33.2 Å². The molecule has 5 aromatic carbocycles. The molecule has 0 saturated heterocycles. The van der Waals surface area contributed by atoms with Crippen LogP contribution in [0, 0.1) is 6.07 Å². The van der Waals surface area contributed by atoms with Crippen molar-refractivity contribution >= 4 is 27.8 Å². The van der Waals surface area contributed by atoms with E-state index in [1.807, 2.05) is 6.20 Å². The van der Waals surface area contributed by atoms with Crippen LogP contribution < -0.4 is 4.90 Å². The SMILES string of the molecule is CC1(C)c2cccc3c2N2c4c1cccc4C(C)(C)c1cc(-c4cc[c-]c(-c5nccc6ccccc56)c4)cc(c12)C3(C)C.[Ir]. The number of aromatic nitrogens is 1. The number of anilines is 3. The van der Waals surface area contributed by atoms with Crippen molar-refractivity contribution in [1.29, 1.82) is 0 Å². The van der Waals surface area contributed by atoms with Gasteiger partial charge in [-0.05, 0) is 73.6 Å². The van der Waals surface area contributed by atoms with E-state index in [2.05, 4.69) is 150 Å². The van der Waals surface area contributed by atoms with Crippen molar-refractivity contribution in [3.8, 4) is 22.4 Å². The quantitative estimate of drug-likeness (QED) is 0.164. The Hall–Kier alpha value is -4.04. The number of benzene rings is 5. The maximum Gasteiger partial charge on any atom is 0.0544 e. The standard InChI is InChI=1S/C42H35N2.Ir/c1-40(2)30-16-10-18-32-37(30)44-38-31(40)17-11-19-33(38)42(5,6)35-24-28(23-34(39(35)44)41(32,3)4)26-13-9-14-27(22-26)36-29-15-8-7-12-25(29)20-21-43-36;/h7-13,15-24H,1-6H3;/q-1;. The smallest absolute Gasteiger partial charge is 0.0544 e. The summed E-state index contributed by atoms with van der Waals surface area (Å²) in [6.07, 6.45) is 1.91. The minimum Gasteiger partial charge on any atom is -0.309 e. The third-order valence-corrected chi connectivity index (χ3v) is 11.0. The molecule has 0 atom stereocenters. The van der Waals surface area contributed by atoms with E-state index in [1.165, 1.54) is 67.0 Å². The predicted octanol–water partition coefficient (Wildman–Crippen LogP) is 10.8. The van der Waals surface area contributed by atoms with Crippen LogP contribution in [0.2, 0.25) is 0 Å². The Morgan fingerprint density at radius 3 is 1.69 bits per heavy atom. The summed E-state index contributed by atoms with van der Waals surface area (Å²) in [5.41, 5.74) is 16.6. The zero-order valence-corrected chi connectivity index (χ0v) is 28.9. The van der Waals surface area contributed by atoms with Crippen LogP contribution in [0.5, 0.6) is 0 Å². The molecule has 1 radical (unpaired) electrons. The van der Waals surface area contributed by atoms with Gasteiger partial charge in [0.05, 0.1) is 17.1 Å².